The third kappa shape index (κ3) is 1.75. The zero-order chi connectivity index (χ0) is 10.5. The van der Waals surface area contributed by atoms with Gasteiger partial charge in [0.15, 0.2) is 0 Å². The van der Waals surface area contributed by atoms with Crippen molar-refractivity contribution in [2.24, 2.45) is 0 Å². The van der Waals surface area contributed by atoms with Crippen molar-refractivity contribution < 1.29 is 0 Å². The van der Waals surface area contributed by atoms with Gasteiger partial charge >= 0.3 is 0 Å². The average molecular weight is 242 g/mol. The maximum atomic E-state index is 2.44. The van der Waals surface area contributed by atoms with Crippen LogP contribution in [0.4, 0.5) is 0 Å². The first kappa shape index (κ1) is 13.7. The highest BCUT2D eigenvalue weighted by atomic mass is 28.3. The Labute approximate surface area is 106 Å². The summed E-state index contributed by atoms with van der Waals surface area (Å²) in [5.41, 5.74) is 2.93. The first-order chi connectivity index (χ1) is 7.21. The van der Waals surface area contributed by atoms with Crippen molar-refractivity contribution in [3.8, 4) is 11.1 Å². The highest BCUT2D eigenvalue weighted by Crippen LogP contribution is 2.27. The topological polar surface area (TPSA) is 0 Å². The van der Waals surface area contributed by atoms with Crippen molar-refractivity contribution in [1.29, 1.82) is 0 Å². The Kier molecular flexibility index (Phi) is 3.63. The Hall–Kier alpha value is -1.34. The minimum absolute atomic E-state index is 0. The normalized spacial score (nSPS) is 14.0. The summed E-state index contributed by atoms with van der Waals surface area (Å²) >= 11 is 0. The van der Waals surface area contributed by atoms with E-state index in [4.69, 9.17) is 0 Å². The third-order valence-electron chi connectivity index (χ3n) is 3.49. The molecule has 2 aromatic carbocycles. The van der Waals surface area contributed by atoms with Gasteiger partial charge in [0.1, 0.15) is 8.07 Å². The summed E-state index contributed by atoms with van der Waals surface area (Å²) in [4.78, 5) is 0. The Morgan fingerprint density at radius 1 is 0.647 bits per heavy atom. The van der Waals surface area contributed by atoms with E-state index < -0.39 is 8.07 Å². The molecule has 0 spiro atoms. The molecule has 0 nitrogen and oxygen atoms in total. The summed E-state index contributed by atoms with van der Waals surface area (Å²) in [6.45, 7) is 4.88. The maximum absolute atomic E-state index is 2.44. The van der Waals surface area contributed by atoms with Crippen molar-refractivity contribution >= 4 is 18.4 Å². The molecule has 0 fully saturated rings. The number of benzene rings is 2. The van der Waals surface area contributed by atoms with Crippen molar-refractivity contribution in [3.63, 3.8) is 0 Å². The Bertz CT molecular complexity index is 479. The largest absolute Gasteiger partial charge is 0.113 e. The van der Waals surface area contributed by atoms with E-state index in [1.807, 2.05) is 0 Å². The summed E-state index contributed by atoms with van der Waals surface area (Å²) in [7, 11) is -1.38. The van der Waals surface area contributed by atoms with Crippen LogP contribution in [0.15, 0.2) is 48.5 Å². The summed E-state index contributed by atoms with van der Waals surface area (Å²) in [6, 6.07) is 17.8. The van der Waals surface area contributed by atoms with Crippen molar-refractivity contribution in [2.75, 3.05) is 0 Å². The number of hydrogen-bond donors (Lipinski definition) is 0. The molecule has 0 unspecified atom stereocenters. The van der Waals surface area contributed by atoms with Gasteiger partial charge in [-0.25, -0.2) is 0 Å². The molecule has 0 saturated heterocycles. The smallest absolute Gasteiger partial charge is 0.0776 e. The molecule has 0 aromatic heterocycles. The van der Waals surface area contributed by atoms with Gasteiger partial charge < -0.3 is 0 Å². The number of hydrogen-bond acceptors (Lipinski definition) is 0. The second-order valence-corrected chi connectivity index (χ2v) is 9.04. The Morgan fingerprint density at radius 3 is 1.41 bits per heavy atom. The molecule has 1 heterocycles. The molecule has 2 aromatic rings. The van der Waals surface area contributed by atoms with Gasteiger partial charge in [0.05, 0.1) is 0 Å². The Balaban J connectivity index is 0.000000722. The van der Waals surface area contributed by atoms with Crippen LogP contribution in [0.2, 0.25) is 13.1 Å². The molecular formula is C16H22Si. The van der Waals surface area contributed by atoms with E-state index in [2.05, 4.69) is 61.6 Å². The molecule has 3 rings (SSSR count). The summed E-state index contributed by atoms with van der Waals surface area (Å²) in [5, 5.41) is 3.18. The van der Waals surface area contributed by atoms with Crippen LogP contribution in [0.1, 0.15) is 14.9 Å². The van der Waals surface area contributed by atoms with Crippen molar-refractivity contribution in [2.45, 2.75) is 27.9 Å². The minimum atomic E-state index is -1.38. The highest BCUT2D eigenvalue weighted by Gasteiger charge is 2.36. The molecule has 1 aliphatic heterocycles. The summed E-state index contributed by atoms with van der Waals surface area (Å²) in [6.07, 6.45) is 0. The lowest BCUT2D eigenvalue weighted by Crippen LogP contribution is -2.49. The lowest BCUT2D eigenvalue weighted by Gasteiger charge is -2.18. The van der Waals surface area contributed by atoms with Crippen LogP contribution in [-0.2, 0) is 0 Å². The van der Waals surface area contributed by atoms with Crippen LogP contribution in [0.5, 0.6) is 0 Å². The van der Waals surface area contributed by atoms with Crippen LogP contribution < -0.4 is 10.4 Å². The second-order valence-electron chi connectivity index (χ2n) is 4.72. The van der Waals surface area contributed by atoms with Gasteiger partial charge in [-0.1, -0.05) is 76.5 Å². The average Bonchev–Trinajstić information content (AvgIpc) is 2.51. The van der Waals surface area contributed by atoms with Gasteiger partial charge in [-0.15, -0.1) is 0 Å². The van der Waals surface area contributed by atoms with Gasteiger partial charge in [-0.3, -0.25) is 0 Å². The minimum Gasteiger partial charge on any atom is -0.0776 e. The molecule has 90 valence electrons. The molecule has 0 saturated carbocycles. The monoisotopic (exact) mass is 242 g/mol. The quantitative estimate of drug-likeness (QED) is 0.617. The van der Waals surface area contributed by atoms with Crippen LogP contribution >= 0.6 is 0 Å². The molecule has 0 atom stereocenters. The zero-order valence-electron chi connectivity index (χ0n) is 9.12. The van der Waals surface area contributed by atoms with Crippen LogP contribution in [0, 0.1) is 0 Å². The summed E-state index contributed by atoms with van der Waals surface area (Å²) in [5.74, 6) is 0. The molecule has 1 aliphatic rings. The molecule has 0 bridgehead atoms. The lowest BCUT2D eigenvalue weighted by atomic mass is 10.1. The molecule has 0 N–H and O–H groups in total. The van der Waals surface area contributed by atoms with Crippen molar-refractivity contribution in [1.82, 2.24) is 0 Å². The standard InChI is InChI=1S/C14H14Si.2CH4/c1-15(2)13-9-5-3-7-11(13)12-8-4-6-10-14(12)15;;/h3-10H,1-2H3;2*1H4. The predicted molar refractivity (Wildman–Crippen MR) is 82.1 cm³/mol. The van der Waals surface area contributed by atoms with Gasteiger partial charge in [0.2, 0.25) is 0 Å². The van der Waals surface area contributed by atoms with E-state index >= 15 is 0 Å². The van der Waals surface area contributed by atoms with Gasteiger partial charge in [-0.2, -0.15) is 0 Å². The zero-order valence-corrected chi connectivity index (χ0v) is 10.1. The predicted octanol–water partition coefficient (Wildman–Crippen LogP) is 3.76. The first-order valence-corrected chi connectivity index (χ1v) is 8.40. The maximum Gasteiger partial charge on any atom is 0.113 e. The third-order valence-corrected chi connectivity index (χ3v) is 7.06. The molecule has 0 radical (unpaired) electrons. The molecule has 17 heavy (non-hydrogen) atoms. The SMILES string of the molecule is C.C.C[Si]1(C)c2ccccc2-c2ccccc21. The molecule has 1 heteroatoms. The summed E-state index contributed by atoms with van der Waals surface area (Å²) < 4.78 is 0. The van der Waals surface area contributed by atoms with E-state index in [9.17, 15) is 0 Å². The highest BCUT2D eigenvalue weighted by molar-refractivity contribution is 7.03. The van der Waals surface area contributed by atoms with Crippen LogP contribution in [0.3, 0.4) is 0 Å². The van der Waals surface area contributed by atoms with E-state index in [-0.39, 0.29) is 14.9 Å². The number of fused-ring (bicyclic) bond motifs is 3. The van der Waals surface area contributed by atoms with E-state index in [1.165, 1.54) is 11.1 Å². The Morgan fingerprint density at radius 2 is 1.00 bits per heavy atom. The fourth-order valence-corrected chi connectivity index (χ4v) is 5.77. The van der Waals surface area contributed by atoms with Crippen LogP contribution in [-0.4, -0.2) is 8.07 Å². The van der Waals surface area contributed by atoms with E-state index in [0.717, 1.165) is 0 Å². The molecule has 0 amide bonds. The van der Waals surface area contributed by atoms with Crippen molar-refractivity contribution in [3.05, 3.63) is 48.5 Å². The first-order valence-electron chi connectivity index (χ1n) is 5.40. The van der Waals surface area contributed by atoms with Gasteiger partial charge in [0.25, 0.3) is 0 Å². The van der Waals surface area contributed by atoms with Crippen LogP contribution in [0.25, 0.3) is 11.1 Å². The van der Waals surface area contributed by atoms with Gasteiger partial charge in [-0.05, 0) is 21.5 Å². The number of rotatable bonds is 0. The fourth-order valence-electron chi connectivity index (χ4n) is 2.67. The molecular weight excluding hydrogens is 220 g/mol. The lowest BCUT2D eigenvalue weighted by molar-refractivity contribution is 1.71. The van der Waals surface area contributed by atoms with E-state index in [1.54, 1.807) is 10.4 Å². The second kappa shape index (κ2) is 4.50. The fraction of sp³-hybridized carbons (Fsp3) is 0.250. The molecule has 0 aliphatic carbocycles. The van der Waals surface area contributed by atoms with Gasteiger partial charge in [0, 0.05) is 0 Å². The van der Waals surface area contributed by atoms with E-state index in [0.29, 0.717) is 0 Å².